The van der Waals surface area contributed by atoms with Gasteiger partial charge in [-0.1, -0.05) is 11.8 Å². The van der Waals surface area contributed by atoms with Crippen LogP contribution >= 0.6 is 11.3 Å². The molecule has 4 nitrogen and oxygen atoms in total. The minimum absolute atomic E-state index is 0.0807. The van der Waals surface area contributed by atoms with Crippen LogP contribution in [-0.4, -0.2) is 29.6 Å². The van der Waals surface area contributed by atoms with Crippen LogP contribution in [0.3, 0.4) is 0 Å². The van der Waals surface area contributed by atoms with E-state index in [1.807, 2.05) is 18.4 Å². The molecule has 1 amide bonds. The fourth-order valence-corrected chi connectivity index (χ4v) is 2.63. The summed E-state index contributed by atoms with van der Waals surface area (Å²) in [5.74, 6) is 6.09. The molecule has 5 heteroatoms. The minimum Gasteiger partial charge on any atom is -0.469 e. The Morgan fingerprint density at radius 2 is 2.30 bits per heavy atom. The average molecular weight is 289 g/mol. The van der Waals surface area contributed by atoms with Gasteiger partial charge in [0.1, 0.15) is 17.2 Å². The molecule has 0 bridgehead atoms. The second-order valence-corrected chi connectivity index (χ2v) is 5.20. The molecule has 0 aliphatic carbocycles. The van der Waals surface area contributed by atoms with Gasteiger partial charge in [-0.3, -0.25) is 4.79 Å². The molecule has 2 heterocycles. The number of amides is 1. The van der Waals surface area contributed by atoms with Crippen LogP contribution in [0.4, 0.5) is 0 Å². The van der Waals surface area contributed by atoms with Crippen molar-refractivity contribution in [2.75, 3.05) is 13.7 Å². The zero-order valence-electron chi connectivity index (χ0n) is 11.3. The molecule has 0 fully saturated rings. The zero-order valence-corrected chi connectivity index (χ0v) is 12.2. The molecule has 0 saturated carbocycles. The summed E-state index contributed by atoms with van der Waals surface area (Å²) in [5.41, 5.74) is 1.64. The van der Waals surface area contributed by atoms with Crippen LogP contribution in [0.15, 0.2) is 28.2 Å². The Balaban J connectivity index is 2.15. The third-order valence-electron chi connectivity index (χ3n) is 2.88. The van der Waals surface area contributed by atoms with Crippen LogP contribution < -0.4 is 0 Å². The highest BCUT2D eigenvalue weighted by molar-refractivity contribution is 7.12. The molecule has 0 unspecified atom stereocenters. The van der Waals surface area contributed by atoms with Crippen LogP contribution in [-0.2, 0) is 6.54 Å². The predicted octanol–water partition coefficient (Wildman–Crippen LogP) is 2.27. The highest BCUT2D eigenvalue weighted by Crippen LogP contribution is 2.19. The van der Waals surface area contributed by atoms with Gasteiger partial charge in [-0.05, 0) is 24.4 Å². The molecule has 0 aromatic carbocycles. The van der Waals surface area contributed by atoms with Gasteiger partial charge in [-0.2, -0.15) is 0 Å². The average Bonchev–Trinajstić information content (AvgIpc) is 3.05. The van der Waals surface area contributed by atoms with Gasteiger partial charge in [-0.15, -0.1) is 11.3 Å². The molecule has 0 atom stereocenters. The maximum Gasteiger partial charge on any atom is 0.265 e. The highest BCUT2D eigenvalue weighted by atomic mass is 32.1. The molecular formula is C15H15NO3S. The van der Waals surface area contributed by atoms with Crippen molar-refractivity contribution < 1.29 is 14.3 Å². The summed E-state index contributed by atoms with van der Waals surface area (Å²) in [6.07, 6.45) is 1.62. The van der Waals surface area contributed by atoms with Crippen LogP contribution in [0.2, 0.25) is 0 Å². The Bertz CT molecular complexity index is 660. The van der Waals surface area contributed by atoms with E-state index < -0.39 is 0 Å². The molecule has 0 saturated heterocycles. The summed E-state index contributed by atoms with van der Waals surface area (Å²) in [6.45, 7) is 2.15. The van der Waals surface area contributed by atoms with E-state index in [1.165, 1.54) is 11.3 Å². The number of carbonyl (C=O) groups excluding carboxylic acids is 1. The molecule has 0 aliphatic rings. The van der Waals surface area contributed by atoms with E-state index in [9.17, 15) is 4.79 Å². The molecule has 2 aromatic rings. The highest BCUT2D eigenvalue weighted by Gasteiger charge is 2.17. The first-order chi connectivity index (χ1) is 9.63. The third kappa shape index (κ3) is 3.10. The predicted molar refractivity (Wildman–Crippen MR) is 77.5 cm³/mol. The van der Waals surface area contributed by atoms with Gasteiger partial charge in [-0.25, -0.2) is 0 Å². The molecule has 0 aliphatic heterocycles. The summed E-state index contributed by atoms with van der Waals surface area (Å²) in [6, 6.07) is 3.65. The number of thiophene rings is 1. The number of rotatable bonds is 3. The fraction of sp³-hybridized carbons (Fsp3) is 0.267. The van der Waals surface area contributed by atoms with Crippen LogP contribution in [0.5, 0.6) is 0 Å². The largest absolute Gasteiger partial charge is 0.469 e. The number of hydrogen-bond acceptors (Lipinski definition) is 4. The van der Waals surface area contributed by atoms with Crippen molar-refractivity contribution in [3.05, 3.63) is 45.5 Å². The standard InChI is InChI=1S/C15H15NO3S/c1-11-13(5-8-19-11)10-16(2)15(18)14-12(4-3-7-17)6-9-20-14/h5-6,8-9,17H,7,10H2,1-2H3. The van der Waals surface area contributed by atoms with E-state index in [4.69, 9.17) is 9.52 Å². The molecule has 0 radical (unpaired) electrons. The first-order valence-electron chi connectivity index (χ1n) is 6.09. The molecular weight excluding hydrogens is 274 g/mol. The quantitative estimate of drug-likeness (QED) is 0.882. The fourth-order valence-electron chi connectivity index (χ4n) is 1.78. The number of nitrogens with zero attached hydrogens (tertiary/aromatic N) is 1. The van der Waals surface area contributed by atoms with Crippen LogP contribution in [0.1, 0.15) is 26.6 Å². The number of furan rings is 1. The normalized spacial score (nSPS) is 9.95. The van der Waals surface area contributed by atoms with Crippen LogP contribution in [0, 0.1) is 18.8 Å². The van der Waals surface area contributed by atoms with Gasteiger partial charge in [0.2, 0.25) is 0 Å². The van der Waals surface area contributed by atoms with Gasteiger partial charge in [0.05, 0.1) is 6.26 Å². The Morgan fingerprint density at radius 1 is 1.50 bits per heavy atom. The van der Waals surface area contributed by atoms with E-state index in [-0.39, 0.29) is 12.5 Å². The molecule has 20 heavy (non-hydrogen) atoms. The van der Waals surface area contributed by atoms with Gasteiger partial charge < -0.3 is 14.4 Å². The summed E-state index contributed by atoms with van der Waals surface area (Å²) in [4.78, 5) is 14.6. The smallest absolute Gasteiger partial charge is 0.265 e. The number of aliphatic hydroxyl groups is 1. The molecule has 2 aromatic heterocycles. The number of aliphatic hydroxyl groups excluding tert-OH is 1. The lowest BCUT2D eigenvalue weighted by Crippen LogP contribution is -2.26. The Labute approximate surface area is 121 Å². The zero-order chi connectivity index (χ0) is 14.5. The van der Waals surface area contributed by atoms with Gasteiger partial charge in [0.25, 0.3) is 5.91 Å². The minimum atomic E-state index is -0.215. The van der Waals surface area contributed by atoms with Crippen molar-refractivity contribution >= 4 is 17.2 Å². The van der Waals surface area contributed by atoms with Crippen LogP contribution in [0.25, 0.3) is 0 Å². The number of carbonyl (C=O) groups is 1. The molecule has 0 spiro atoms. The van der Waals surface area contributed by atoms with Crippen molar-refractivity contribution in [1.29, 1.82) is 0 Å². The Hall–Kier alpha value is -2.03. The second kappa shape index (κ2) is 6.42. The van der Waals surface area contributed by atoms with Crippen molar-refractivity contribution in [3.8, 4) is 11.8 Å². The van der Waals surface area contributed by atoms with E-state index >= 15 is 0 Å². The second-order valence-electron chi connectivity index (χ2n) is 4.29. The van der Waals surface area contributed by atoms with Crippen molar-refractivity contribution in [3.63, 3.8) is 0 Å². The third-order valence-corrected chi connectivity index (χ3v) is 3.78. The molecule has 2 rings (SSSR count). The van der Waals surface area contributed by atoms with E-state index in [0.717, 1.165) is 11.3 Å². The SMILES string of the molecule is Cc1occc1CN(C)C(=O)c1sccc1C#CCO. The number of hydrogen-bond donors (Lipinski definition) is 1. The van der Waals surface area contributed by atoms with E-state index in [0.29, 0.717) is 17.0 Å². The summed E-state index contributed by atoms with van der Waals surface area (Å²) in [5, 5.41) is 10.6. The van der Waals surface area contributed by atoms with Crippen molar-refractivity contribution in [1.82, 2.24) is 4.90 Å². The van der Waals surface area contributed by atoms with Gasteiger partial charge >= 0.3 is 0 Å². The summed E-state index contributed by atoms with van der Waals surface area (Å²) >= 11 is 1.35. The van der Waals surface area contributed by atoms with Crippen molar-refractivity contribution in [2.24, 2.45) is 0 Å². The monoisotopic (exact) mass is 289 g/mol. The molecule has 1 N–H and O–H groups in total. The van der Waals surface area contributed by atoms with Gasteiger partial charge in [0, 0.05) is 24.7 Å². The Morgan fingerprint density at radius 3 is 2.95 bits per heavy atom. The number of aryl methyl sites for hydroxylation is 1. The lowest BCUT2D eigenvalue weighted by molar-refractivity contribution is 0.0789. The first-order valence-corrected chi connectivity index (χ1v) is 6.97. The maximum atomic E-state index is 12.4. The van der Waals surface area contributed by atoms with Gasteiger partial charge in [0.15, 0.2) is 0 Å². The summed E-state index contributed by atoms with van der Waals surface area (Å²) in [7, 11) is 1.75. The maximum absolute atomic E-state index is 12.4. The lowest BCUT2D eigenvalue weighted by Gasteiger charge is -2.16. The van der Waals surface area contributed by atoms with E-state index in [2.05, 4.69) is 11.8 Å². The summed E-state index contributed by atoms with van der Waals surface area (Å²) < 4.78 is 5.23. The first kappa shape index (κ1) is 14.4. The van der Waals surface area contributed by atoms with Crippen molar-refractivity contribution in [2.45, 2.75) is 13.5 Å². The topological polar surface area (TPSA) is 53.7 Å². The lowest BCUT2D eigenvalue weighted by atomic mass is 10.2. The van der Waals surface area contributed by atoms with E-state index in [1.54, 1.807) is 24.3 Å². The molecule has 104 valence electrons. The Kier molecular flexibility index (Phi) is 4.61.